The Kier molecular flexibility index (Phi) is 8.08. The molecule has 3 aromatic carbocycles. The Morgan fingerprint density at radius 1 is 0.811 bits per heavy atom. The van der Waals surface area contributed by atoms with Crippen molar-refractivity contribution in [1.82, 2.24) is 0 Å². The Bertz CT molecular complexity index is 1260. The fourth-order valence-electron chi connectivity index (χ4n) is 5.57. The first-order chi connectivity index (χ1) is 17.4. The lowest BCUT2D eigenvalue weighted by atomic mass is 9.58. The van der Waals surface area contributed by atoms with Gasteiger partial charge in [-0.05, 0) is 87.7 Å². The molecule has 1 heterocycles. The second-order valence-electron chi connectivity index (χ2n) is 13.2. The van der Waals surface area contributed by atoms with Crippen LogP contribution in [0.15, 0.2) is 71.7 Å². The van der Waals surface area contributed by atoms with Gasteiger partial charge in [-0.2, -0.15) is 0 Å². The summed E-state index contributed by atoms with van der Waals surface area (Å²) in [5.41, 5.74) is 9.52. The van der Waals surface area contributed by atoms with E-state index in [1.807, 2.05) is 0 Å². The molecule has 3 heteroatoms. The smallest absolute Gasteiger partial charge is 0.528 e. The van der Waals surface area contributed by atoms with Crippen LogP contribution in [0, 0.1) is 10.8 Å². The van der Waals surface area contributed by atoms with Crippen molar-refractivity contribution in [3.05, 3.63) is 83.4 Å². The molecule has 1 radical (unpaired) electrons. The van der Waals surface area contributed by atoms with Crippen LogP contribution in [0.5, 0.6) is 5.75 Å². The fraction of sp³-hybridized carbons (Fsp3) is 0.441. The van der Waals surface area contributed by atoms with Crippen LogP contribution in [0.1, 0.15) is 84.9 Å². The summed E-state index contributed by atoms with van der Waals surface area (Å²) >= 11 is -0.181. The van der Waals surface area contributed by atoms with E-state index in [4.69, 9.17) is 8.78 Å². The molecule has 0 fully saturated rings. The molecule has 2 nitrogen and oxygen atoms in total. The number of rotatable bonds is 7. The Morgan fingerprint density at radius 3 is 2.19 bits per heavy atom. The zero-order chi connectivity index (χ0) is 26.8. The van der Waals surface area contributed by atoms with Crippen LogP contribution in [0.25, 0.3) is 11.1 Å². The largest absolute Gasteiger partial charge is 0.648 e. The zero-order valence-corrected chi connectivity index (χ0v) is 25.3. The average molecular weight is 509 g/mol. The van der Waals surface area contributed by atoms with Crippen molar-refractivity contribution in [1.29, 1.82) is 0 Å². The first-order valence-corrected chi connectivity index (χ1v) is 15.0. The summed E-state index contributed by atoms with van der Waals surface area (Å²) in [7, 11) is 0. The van der Waals surface area contributed by atoms with Crippen LogP contribution in [0.4, 0.5) is 5.69 Å². The Hall–Kier alpha value is -2.34. The van der Waals surface area contributed by atoms with E-state index in [0.717, 1.165) is 30.3 Å². The molecule has 1 unspecified atom stereocenters. The first-order valence-electron chi connectivity index (χ1n) is 13.7. The first kappa shape index (κ1) is 27.7. The van der Waals surface area contributed by atoms with Crippen LogP contribution >= 0.6 is 0 Å². The minimum atomic E-state index is -0.181. The number of hydrogen-bond donors (Lipinski definition) is 0. The molecule has 37 heavy (non-hydrogen) atoms. The molecule has 0 spiro atoms. The van der Waals surface area contributed by atoms with Gasteiger partial charge in [0, 0.05) is 5.71 Å². The lowest BCUT2D eigenvalue weighted by molar-refractivity contribution is 0.134. The van der Waals surface area contributed by atoms with E-state index in [9.17, 15) is 0 Å². The summed E-state index contributed by atoms with van der Waals surface area (Å²) in [6.07, 6.45) is 3.31. The highest BCUT2D eigenvalue weighted by molar-refractivity contribution is 6.28. The van der Waals surface area contributed by atoms with E-state index in [-0.39, 0.29) is 31.8 Å². The van der Waals surface area contributed by atoms with E-state index in [2.05, 4.69) is 122 Å². The summed E-state index contributed by atoms with van der Waals surface area (Å²) in [6.45, 7) is 18.7. The van der Waals surface area contributed by atoms with Crippen molar-refractivity contribution in [3.63, 3.8) is 0 Å². The molecule has 1 aliphatic rings. The molecule has 0 aliphatic carbocycles. The lowest BCUT2D eigenvalue weighted by Gasteiger charge is -2.46. The van der Waals surface area contributed by atoms with Crippen molar-refractivity contribution < 1.29 is 3.79 Å². The maximum atomic E-state index is 6.23. The van der Waals surface area contributed by atoms with E-state index in [1.54, 1.807) is 0 Å². The molecule has 0 amide bonds. The van der Waals surface area contributed by atoms with Gasteiger partial charge in [0.25, 0.3) is 0 Å². The van der Waals surface area contributed by atoms with Crippen molar-refractivity contribution in [2.45, 2.75) is 85.4 Å². The Morgan fingerprint density at radius 2 is 1.51 bits per heavy atom. The van der Waals surface area contributed by atoms with Gasteiger partial charge in [-0.15, -0.1) is 0 Å². The van der Waals surface area contributed by atoms with Crippen LogP contribution in [-0.2, 0) is 17.1 Å². The van der Waals surface area contributed by atoms with Gasteiger partial charge in [-0.3, -0.25) is 4.99 Å². The molecule has 193 valence electrons. The number of aryl methyl sites for hydroxylation is 1. The highest BCUT2D eigenvalue weighted by Gasteiger charge is 2.41. The summed E-state index contributed by atoms with van der Waals surface area (Å²) < 4.78 is 6.23. The summed E-state index contributed by atoms with van der Waals surface area (Å²) in [6, 6.07) is 24.4. The van der Waals surface area contributed by atoms with Crippen LogP contribution in [0.3, 0.4) is 0 Å². The topological polar surface area (TPSA) is 21.6 Å². The number of nitrogens with zero attached hydrogens (tertiary/aromatic N) is 1. The maximum absolute atomic E-state index is 6.23. The molecule has 1 aliphatic heterocycles. The normalized spacial score (nSPS) is 15.4. The van der Waals surface area contributed by atoms with Gasteiger partial charge in [0.15, 0.2) is 0 Å². The molecule has 0 N–H and O–H groups in total. The quantitative estimate of drug-likeness (QED) is 0.291. The Balaban J connectivity index is 1.47. The number of fused-ring (bicyclic) bond motifs is 1. The predicted molar refractivity (Wildman–Crippen MR) is 160 cm³/mol. The average Bonchev–Trinajstić information content (AvgIpc) is 2.83. The predicted octanol–water partition coefficient (Wildman–Crippen LogP) is 9.33. The zero-order valence-electron chi connectivity index (χ0n) is 24.1. The van der Waals surface area contributed by atoms with Gasteiger partial charge in [0.2, 0.25) is 0 Å². The molecular formula is C34H43AlNO. The van der Waals surface area contributed by atoms with Gasteiger partial charge in [0.1, 0.15) is 0 Å². The third kappa shape index (κ3) is 6.57. The minimum absolute atomic E-state index is 0.0763. The monoisotopic (exact) mass is 508 g/mol. The highest BCUT2D eigenvalue weighted by Crippen LogP contribution is 2.49. The molecule has 0 aromatic heterocycles. The number of hydrogen-bond acceptors (Lipinski definition) is 2. The van der Waals surface area contributed by atoms with E-state index in [0.29, 0.717) is 0 Å². The number of benzene rings is 3. The van der Waals surface area contributed by atoms with E-state index >= 15 is 0 Å². The summed E-state index contributed by atoms with van der Waals surface area (Å²) in [5, 5.41) is 0.947. The molecule has 4 rings (SSSR count). The third-order valence-electron chi connectivity index (χ3n) is 8.01. The molecule has 3 aromatic rings. The SMILES string of the molecule is CC1=Nc2c(cccc2[CH2][Al][O]c2ccc(-c3cccc(C(C)(CC(C)(C)C)C(C)(C)C)c3)cc2)CC1. The summed E-state index contributed by atoms with van der Waals surface area (Å²) in [5.74, 6) is 0.951. The minimum Gasteiger partial charge on any atom is -0.648 e. The Labute approximate surface area is 231 Å². The van der Waals surface area contributed by atoms with Crippen LogP contribution in [0.2, 0.25) is 0 Å². The maximum Gasteiger partial charge on any atom is 0.528 e. The van der Waals surface area contributed by atoms with Gasteiger partial charge in [-0.1, -0.05) is 103 Å². The molecule has 0 saturated carbocycles. The van der Waals surface area contributed by atoms with Crippen molar-refractivity contribution >= 4 is 27.0 Å². The standard InChI is InChI=1S/C23H32O.C11H12N.Al/c1-21(2,3)16-23(7,22(4,5)6)19-10-8-9-18(15-19)17-11-13-20(24)14-12-17;1-8-4-3-5-10-7-6-9(2)12-11(8)10;/h8-15,24H,16H2,1-7H3;3-5H,1,6-7H2,2H3;/q;;+1/p-1. The van der Waals surface area contributed by atoms with Crippen LogP contribution < -0.4 is 3.79 Å². The van der Waals surface area contributed by atoms with Crippen molar-refractivity contribution in [2.24, 2.45) is 15.8 Å². The van der Waals surface area contributed by atoms with Crippen molar-refractivity contribution in [2.75, 3.05) is 0 Å². The van der Waals surface area contributed by atoms with Gasteiger partial charge in [-0.25, -0.2) is 0 Å². The number of aliphatic imine (C=N–C) groups is 1. The van der Waals surface area contributed by atoms with Gasteiger partial charge in [0.05, 0.1) is 11.4 Å². The second kappa shape index (κ2) is 10.8. The van der Waals surface area contributed by atoms with E-state index in [1.165, 1.54) is 39.2 Å². The highest BCUT2D eigenvalue weighted by atomic mass is 27.1. The van der Waals surface area contributed by atoms with Gasteiger partial charge < -0.3 is 3.79 Å². The molecule has 0 saturated heterocycles. The van der Waals surface area contributed by atoms with Crippen molar-refractivity contribution in [3.8, 4) is 16.9 Å². The second-order valence-corrected chi connectivity index (χ2v) is 14.2. The molecule has 1 atom stereocenters. The summed E-state index contributed by atoms with van der Waals surface area (Å²) in [4.78, 5) is 4.85. The van der Waals surface area contributed by atoms with Gasteiger partial charge >= 0.3 is 15.6 Å². The molecular weight excluding hydrogens is 465 g/mol. The fourth-order valence-corrected chi connectivity index (χ4v) is 6.52. The molecule has 0 bridgehead atoms. The van der Waals surface area contributed by atoms with E-state index < -0.39 is 0 Å². The number of para-hydroxylation sites is 1. The van der Waals surface area contributed by atoms with Crippen LogP contribution in [-0.4, -0.2) is 21.3 Å². The third-order valence-corrected chi connectivity index (χ3v) is 9.06. The lowest BCUT2D eigenvalue weighted by Crippen LogP contribution is -2.40.